The number of primary amides is 1. The van der Waals surface area contributed by atoms with E-state index < -0.39 is 22.6 Å². The molecule has 0 atom stereocenters. The maximum Gasteiger partial charge on any atom is 0.327 e. The van der Waals surface area contributed by atoms with Gasteiger partial charge in [-0.15, -0.1) is 0 Å². The molecule has 0 aromatic heterocycles. The first-order valence-corrected chi connectivity index (χ1v) is 5.02. The molecule has 0 heterocycles. The van der Waals surface area contributed by atoms with Gasteiger partial charge in [-0.1, -0.05) is 18.2 Å². The monoisotopic (exact) mass is 266 g/mol. The Labute approximate surface area is 106 Å². The second-order valence-electron chi connectivity index (χ2n) is 3.43. The number of nitrogens with one attached hydrogen (secondary N) is 2. The van der Waals surface area contributed by atoms with Gasteiger partial charge in [-0.05, 0) is 0 Å². The molecule has 100 valence electrons. The topological polar surface area (TPSA) is 144 Å². The second kappa shape index (κ2) is 6.10. The standard InChI is InChI=1S/C10H10N4O5/c11-9(16)10(17)13-12-8(15)5-6-3-1-2-4-7(6)14(18)19/h1-4H,5H2,(H2,11,16)(H,12,15)(H,13,17). The molecule has 0 radical (unpaired) electrons. The van der Waals surface area contributed by atoms with Gasteiger partial charge in [-0.3, -0.25) is 35.3 Å². The third kappa shape index (κ3) is 4.07. The Kier molecular flexibility index (Phi) is 4.52. The molecule has 3 amide bonds. The Hall–Kier alpha value is -2.97. The molecule has 0 saturated carbocycles. The lowest BCUT2D eigenvalue weighted by Crippen LogP contribution is -2.47. The Bertz CT molecular complexity index is 542. The molecule has 1 aromatic carbocycles. The lowest BCUT2D eigenvalue weighted by atomic mass is 10.1. The number of nitrogens with two attached hydrogens (primary N) is 1. The first kappa shape index (κ1) is 14.1. The smallest absolute Gasteiger partial charge is 0.327 e. The minimum absolute atomic E-state index is 0.179. The van der Waals surface area contributed by atoms with Crippen LogP contribution >= 0.6 is 0 Å². The summed E-state index contributed by atoms with van der Waals surface area (Å²) < 4.78 is 0. The second-order valence-corrected chi connectivity index (χ2v) is 3.43. The van der Waals surface area contributed by atoms with E-state index in [1.807, 2.05) is 5.43 Å². The van der Waals surface area contributed by atoms with Gasteiger partial charge >= 0.3 is 11.8 Å². The number of hydrogen-bond acceptors (Lipinski definition) is 5. The van der Waals surface area contributed by atoms with Gasteiger partial charge in [0, 0.05) is 11.6 Å². The van der Waals surface area contributed by atoms with Crippen LogP contribution in [0.3, 0.4) is 0 Å². The summed E-state index contributed by atoms with van der Waals surface area (Å²) in [6.45, 7) is 0. The number of nitro groups is 1. The van der Waals surface area contributed by atoms with Gasteiger partial charge in [0.1, 0.15) is 0 Å². The molecule has 0 fully saturated rings. The minimum atomic E-state index is -1.26. The molecule has 0 aliphatic heterocycles. The summed E-state index contributed by atoms with van der Waals surface area (Å²) in [7, 11) is 0. The molecule has 0 bridgehead atoms. The number of nitro benzene ring substituents is 1. The SMILES string of the molecule is NC(=O)C(=O)NNC(=O)Cc1ccccc1[N+](=O)[O-]. The third-order valence-corrected chi connectivity index (χ3v) is 2.08. The number of rotatable bonds is 3. The zero-order valence-corrected chi connectivity index (χ0v) is 9.58. The van der Waals surface area contributed by atoms with E-state index in [2.05, 4.69) is 5.73 Å². The van der Waals surface area contributed by atoms with Crippen molar-refractivity contribution in [3.05, 3.63) is 39.9 Å². The van der Waals surface area contributed by atoms with Crippen LogP contribution in [0.2, 0.25) is 0 Å². The van der Waals surface area contributed by atoms with Gasteiger partial charge in [0.05, 0.1) is 11.3 Å². The zero-order valence-electron chi connectivity index (χ0n) is 9.58. The van der Waals surface area contributed by atoms with Crippen LogP contribution in [0, 0.1) is 10.1 Å². The van der Waals surface area contributed by atoms with Crippen LogP contribution in [-0.2, 0) is 20.8 Å². The lowest BCUT2D eigenvalue weighted by molar-refractivity contribution is -0.385. The van der Waals surface area contributed by atoms with Crippen molar-refractivity contribution in [1.29, 1.82) is 0 Å². The van der Waals surface area contributed by atoms with Crippen LogP contribution in [0.1, 0.15) is 5.56 Å². The van der Waals surface area contributed by atoms with Crippen LogP contribution in [-0.4, -0.2) is 22.6 Å². The van der Waals surface area contributed by atoms with Gasteiger partial charge in [-0.2, -0.15) is 0 Å². The van der Waals surface area contributed by atoms with E-state index in [4.69, 9.17) is 0 Å². The number of benzene rings is 1. The van der Waals surface area contributed by atoms with Crippen LogP contribution in [0.15, 0.2) is 24.3 Å². The maximum atomic E-state index is 11.4. The van der Waals surface area contributed by atoms with E-state index in [0.717, 1.165) is 0 Å². The van der Waals surface area contributed by atoms with Gasteiger partial charge in [-0.25, -0.2) is 0 Å². The van der Waals surface area contributed by atoms with Crippen LogP contribution in [0.5, 0.6) is 0 Å². The van der Waals surface area contributed by atoms with Crippen molar-refractivity contribution in [3.8, 4) is 0 Å². The molecule has 9 heteroatoms. The zero-order chi connectivity index (χ0) is 14.4. The van der Waals surface area contributed by atoms with Gasteiger partial charge in [0.25, 0.3) is 5.69 Å². The molecule has 0 unspecified atom stereocenters. The maximum absolute atomic E-state index is 11.4. The van der Waals surface area contributed by atoms with Gasteiger partial charge < -0.3 is 5.73 Å². The Morgan fingerprint density at radius 1 is 1.21 bits per heavy atom. The van der Waals surface area contributed by atoms with E-state index in [1.54, 1.807) is 5.43 Å². The largest absolute Gasteiger partial charge is 0.361 e. The van der Waals surface area contributed by atoms with Gasteiger partial charge in [0.2, 0.25) is 5.91 Å². The summed E-state index contributed by atoms with van der Waals surface area (Å²) in [5.74, 6) is -3.16. The van der Waals surface area contributed by atoms with Crippen LogP contribution < -0.4 is 16.6 Å². The molecule has 0 aliphatic rings. The fraction of sp³-hybridized carbons (Fsp3) is 0.100. The summed E-state index contributed by atoms with van der Waals surface area (Å²) in [6.07, 6.45) is -0.323. The predicted molar refractivity (Wildman–Crippen MR) is 62.3 cm³/mol. The molecule has 19 heavy (non-hydrogen) atoms. The number of hydrogen-bond donors (Lipinski definition) is 3. The van der Waals surface area contributed by atoms with Crippen molar-refractivity contribution in [3.63, 3.8) is 0 Å². The molecule has 9 nitrogen and oxygen atoms in total. The highest BCUT2D eigenvalue weighted by atomic mass is 16.6. The Morgan fingerprint density at radius 3 is 2.42 bits per heavy atom. The van der Waals surface area contributed by atoms with Gasteiger partial charge in [0.15, 0.2) is 0 Å². The highest BCUT2D eigenvalue weighted by Gasteiger charge is 2.16. The van der Waals surface area contributed by atoms with Crippen LogP contribution in [0.25, 0.3) is 0 Å². The first-order chi connectivity index (χ1) is 8.91. The summed E-state index contributed by atoms with van der Waals surface area (Å²) >= 11 is 0. The van der Waals surface area contributed by atoms with Crippen molar-refractivity contribution in [2.24, 2.45) is 5.73 Å². The highest BCUT2D eigenvalue weighted by Crippen LogP contribution is 2.17. The average molecular weight is 266 g/mol. The van der Waals surface area contributed by atoms with E-state index >= 15 is 0 Å². The number of hydrazine groups is 1. The van der Waals surface area contributed by atoms with E-state index in [1.165, 1.54) is 24.3 Å². The molecule has 0 saturated heterocycles. The number of amides is 3. The van der Waals surface area contributed by atoms with Crippen molar-refractivity contribution in [1.82, 2.24) is 10.9 Å². The van der Waals surface area contributed by atoms with E-state index in [-0.39, 0.29) is 17.7 Å². The Morgan fingerprint density at radius 2 is 1.84 bits per heavy atom. The van der Waals surface area contributed by atoms with Crippen molar-refractivity contribution in [2.45, 2.75) is 6.42 Å². The average Bonchev–Trinajstić information content (AvgIpc) is 2.36. The fourth-order valence-electron chi connectivity index (χ4n) is 1.24. The predicted octanol–water partition coefficient (Wildman–Crippen LogP) is -1.23. The van der Waals surface area contributed by atoms with Crippen LogP contribution in [0.4, 0.5) is 5.69 Å². The van der Waals surface area contributed by atoms with E-state index in [0.29, 0.717) is 0 Å². The Balaban J connectivity index is 2.65. The molecule has 0 aliphatic carbocycles. The fourth-order valence-corrected chi connectivity index (χ4v) is 1.24. The summed E-state index contributed by atoms with van der Waals surface area (Å²) in [6, 6.07) is 5.67. The minimum Gasteiger partial charge on any atom is -0.361 e. The molecule has 1 aromatic rings. The quantitative estimate of drug-likeness (QED) is 0.356. The highest BCUT2D eigenvalue weighted by molar-refractivity contribution is 6.34. The third-order valence-electron chi connectivity index (χ3n) is 2.08. The molecular weight excluding hydrogens is 256 g/mol. The van der Waals surface area contributed by atoms with Crippen molar-refractivity contribution >= 4 is 23.4 Å². The normalized spacial score (nSPS) is 9.47. The molecular formula is C10H10N4O5. The molecule has 4 N–H and O–H groups in total. The number of carbonyl (C=O) groups is 3. The number of carbonyl (C=O) groups excluding carboxylic acids is 3. The summed E-state index contributed by atoms with van der Waals surface area (Å²) in [4.78, 5) is 42.6. The van der Waals surface area contributed by atoms with Crippen molar-refractivity contribution < 1.29 is 19.3 Å². The number of nitrogens with zero attached hydrogens (tertiary/aromatic N) is 1. The number of para-hydroxylation sites is 1. The molecule has 1 rings (SSSR count). The summed E-state index contributed by atoms with van der Waals surface area (Å²) in [5, 5.41) is 10.7. The molecule has 0 spiro atoms. The summed E-state index contributed by atoms with van der Waals surface area (Å²) in [5.41, 5.74) is 8.30. The first-order valence-electron chi connectivity index (χ1n) is 5.02. The van der Waals surface area contributed by atoms with Crippen molar-refractivity contribution in [2.75, 3.05) is 0 Å². The lowest BCUT2D eigenvalue weighted by Gasteiger charge is -2.05. The van der Waals surface area contributed by atoms with E-state index in [9.17, 15) is 24.5 Å².